The Bertz CT molecular complexity index is 945. The number of likely N-dealkylation sites (tertiary alicyclic amines) is 1. The minimum Gasteiger partial charge on any atom is -0.363 e. The van der Waals surface area contributed by atoms with Gasteiger partial charge in [0, 0.05) is 12.1 Å². The van der Waals surface area contributed by atoms with Crippen LogP contribution in [0, 0.1) is 22.7 Å². The molecule has 0 aromatic heterocycles. The third-order valence-corrected chi connectivity index (χ3v) is 8.41. The van der Waals surface area contributed by atoms with Crippen LogP contribution in [0.3, 0.4) is 0 Å². The monoisotopic (exact) mass is 549 g/mol. The molecule has 1 aliphatic carbocycles. The van der Waals surface area contributed by atoms with Crippen molar-refractivity contribution in [2.75, 3.05) is 6.54 Å². The maximum atomic E-state index is 14.1. The minimum absolute atomic E-state index is 0.177. The summed E-state index contributed by atoms with van der Waals surface area (Å²) in [6.07, 6.45) is 4.67. The van der Waals surface area contributed by atoms with E-state index in [1.165, 1.54) is 0 Å². The van der Waals surface area contributed by atoms with E-state index in [0.717, 1.165) is 25.7 Å². The lowest BCUT2D eigenvalue weighted by Crippen LogP contribution is -2.62. The molecule has 5 amide bonds. The third-order valence-electron chi connectivity index (χ3n) is 8.41. The molecule has 1 saturated carbocycles. The molecule has 1 saturated heterocycles. The first-order valence-electron chi connectivity index (χ1n) is 14.3. The zero-order valence-electron chi connectivity index (χ0n) is 25.4. The van der Waals surface area contributed by atoms with Crippen LogP contribution in [0.25, 0.3) is 0 Å². The second-order valence-electron chi connectivity index (χ2n) is 14.2. The summed E-state index contributed by atoms with van der Waals surface area (Å²) in [6, 6.07) is -3.22. The third kappa shape index (κ3) is 8.42. The summed E-state index contributed by atoms with van der Waals surface area (Å²) < 4.78 is 0. The minimum atomic E-state index is -1.08. The summed E-state index contributed by atoms with van der Waals surface area (Å²) >= 11 is 0. The summed E-state index contributed by atoms with van der Waals surface area (Å²) in [5.41, 5.74) is 3.91. The lowest BCUT2D eigenvalue weighted by Gasteiger charge is -2.40. The van der Waals surface area contributed by atoms with Crippen molar-refractivity contribution < 1.29 is 24.0 Å². The van der Waals surface area contributed by atoms with Crippen molar-refractivity contribution in [3.63, 3.8) is 0 Å². The highest BCUT2D eigenvalue weighted by Crippen LogP contribution is 2.42. The second kappa shape index (κ2) is 12.3. The van der Waals surface area contributed by atoms with E-state index >= 15 is 0 Å². The van der Waals surface area contributed by atoms with Gasteiger partial charge in [-0.2, -0.15) is 0 Å². The van der Waals surface area contributed by atoms with Crippen molar-refractivity contribution in [3.8, 4) is 0 Å². The molecular weight excluding hydrogens is 498 g/mol. The van der Waals surface area contributed by atoms with Crippen LogP contribution >= 0.6 is 0 Å². The number of nitrogens with one attached hydrogen (secondary N) is 3. The normalized spacial score (nSPS) is 21.9. The number of rotatable bonds is 10. The molecule has 5 N–H and O–H groups in total. The number of carbonyl (C=O) groups is 5. The van der Waals surface area contributed by atoms with Gasteiger partial charge >= 0.3 is 6.03 Å². The fraction of sp³-hybridized carbons (Fsp3) is 0.828. The van der Waals surface area contributed by atoms with Gasteiger partial charge in [0.1, 0.15) is 12.1 Å². The van der Waals surface area contributed by atoms with Crippen molar-refractivity contribution >= 4 is 29.5 Å². The highest BCUT2D eigenvalue weighted by atomic mass is 16.2. The van der Waals surface area contributed by atoms with Gasteiger partial charge in [-0.1, -0.05) is 67.2 Å². The number of nitrogens with two attached hydrogens (primary N) is 1. The topological polar surface area (TPSA) is 151 Å². The van der Waals surface area contributed by atoms with Gasteiger partial charge in [-0.25, -0.2) is 4.79 Å². The van der Waals surface area contributed by atoms with Gasteiger partial charge < -0.3 is 26.6 Å². The molecule has 1 unspecified atom stereocenters. The molecule has 2 fully saturated rings. The standard InChI is InChI=1S/C29H51N5O5/c1-10-29(8,9)18-14-15-34(25(38)22(27(2,3)4)32-26(39)33-28(5,6)7)20(18)24(37)31-19(21(35)23(30)36)16-17-12-11-13-17/h17-20,22H,10-16H2,1-9H3,(H2,30,36)(H,31,37)(H2,32,33,39)/t18-,19?,20-,22+/m0/s1. The molecule has 1 aliphatic heterocycles. The molecule has 39 heavy (non-hydrogen) atoms. The predicted molar refractivity (Wildman–Crippen MR) is 150 cm³/mol. The Labute approximate surface area is 234 Å². The molecule has 0 bridgehead atoms. The zero-order valence-corrected chi connectivity index (χ0v) is 25.4. The van der Waals surface area contributed by atoms with Crippen LogP contribution in [0.5, 0.6) is 0 Å². The van der Waals surface area contributed by atoms with E-state index in [-0.39, 0.29) is 23.2 Å². The number of hydrogen-bond acceptors (Lipinski definition) is 5. The largest absolute Gasteiger partial charge is 0.363 e. The predicted octanol–water partition coefficient (Wildman–Crippen LogP) is 2.88. The first-order chi connectivity index (χ1) is 17.8. The Morgan fingerprint density at radius 2 is 1.51 bits per heavy atom. The first-order valence-corrected chi connectivity index (χ1v) is 14.3. The van der Waals surface area contributed by atoms with Crippen LogP contribution in [0.4, 0.5) is 4.79 Å². The summed E-state index contributed by atoms with van der Waals surface area (Å²) in [5, 5.41) is 8.50. The summed E-state index contributed by atoms with van der Waals surface area (Å²) in [4.78, 5) is 66.8. The van der Waals surface area contributed by atoms with Crippen LogP contribution in [-0.4, -0.2) is 64.6 Å². The number of ketones is 1. The molecule has 2 aliphatic rings. The molecule has 10 heteroatoms. The molecule has 10 nitrogen and oxygen atoms in total. The Morgan fingerprint density at radius 1 is 0.923 bits per heavy atom. The van der Waals surface area contributed by atoms with E-state index in [2.05, 4.69) is 29.8 Å². The fourth-order valence-electron chi connectivity index (χ4n) is 5.49. The van der Waals surface area contributed by atoms with Crippen LogP contribution in [0.2, 0.25) is 0 Å². The van der Waals surface area contributed by atoms with E-state index in [0.29, 0.717) is 19.4 Å². The smallest absolute Gasteiger partial charge is 0.315 e. The molecule has 1 heterocycles. The number of amides is 5. The van der Waals surface area contributed by atoms with Crippen molar-refractivity contribution in [3.05, 3.63) is 0 Å². The average Bonchev–Trinajstić information content (AvgIpc) is 3.22. The van der Waals surface area contributed by atoms with E-state index in [1.807, 2.05) is 48.5 Å². The molecule has 0 aromatic rings. The Hall–Kier alpha value is -2.65. The maximum absolute atomic E-state index is 14.1. The Kier molecular flexibility index (Phi) is 10.2. The lowest BCUT2D eigenvalue weighted by molar-refractivity contribution is -0.145. The van der Waals surface area contributed by atoms with Crippen LogP contribution < -0.4 is 21.7 Å². The van der Waals surface area contributed by atoms with Gasteiger partial charge in [-0.3, -0.25) is 19.2 Å². The summed E-state index contributed by atoms with van der Waals surface area (Å²) in [6.45, 7) is 17.7. The van der Waals surface area contributed by atoms with E-state index < -0.39 is 52.7 Å². The Balaban J connectivity index is 2.40. The van der Waals surface area contributed by atoms with Gasteiger partial charge in [-0.15, -0.1) is 0 Å². The van der Waals surface area contributed by atoms with Crippen LogP contribution in [-0.2, 0) is 19.2 Å². The maximum Gasteiger partial charge on any atom is 0.315 e. The number of nitrogens with zero attached hydrogens (tertiary/aromatic N) is 1. The van der Waals surface area contributed by atoms with E-state index in [9.17, 15) is 24.0 Å². The Morgan fingerprint density at radius 3 is 1.95 bits per heavy atom. The highest BCUT2D eigenvalue weighted by molar-refractivity contribution is 6.37. The number of primary amides is 1. The fourth-order valence-corrected chi connectivity index (χ4v) is 5.49. The zero-order chi connectivity index (χ0) is 29.9. The molecule has 0 aromatic carbocycles. The van der Waals surface area contributed by atoms with Crippen molar-refractivity contribution in [1.29, 1.82) is 0 Å². The SMILES string of the molecule is CCC(C)(C)[C@H]1CCN(C(=O)[C@@H](NC(=O)NC(C)(C)C)C(C)(C)C)[C@@H]1C(=O)NC(CC1CCC1)C(=O)C(N)=O. The lowest BCUT2D eigenvalue weighted by atomic mass is 9.72. The average molecular weight is 550 g/mol. The number of urea groups is 1. The highest BCUT2D eigenvalue weighted by Gasteiger charge is 2.51. The second-order valence-corrected chi connectivity index (χ2v) is 14.2. The number of carbonyl (C=O) groups excluding carboxylic acids is 5. The van der Waals surface area contributed by atoms with Gasteiger partial charge in [0.15, 0.2) is 0 Å². The number of Topliss-reactive ketones (excluding diaryl/α,β-unsaturated/α-hetero) is 1. The van der Waals surface area contributed by atoms with Crippen LogP contribution in [0.1, 0.15) is 101 Å². The van der Waals surface area contributed by atoms with Gasteiger partial charge in [0.2, 0.25) is 17.6 Å². The summed E-state index contributed by atoms with van der Waals surface area (Å²) in [5.74, 6) is -2.63. The molecule has 4 atom stereocenters. The molecule has 0 radical (unpaired) electrons. The van der Waals surface area contributed by atoms with Crippen molar-refractivity contribution in [2.24, 2.45) is 28.4 Å². The van der Waals surface area contributed by atoms with Crippen molar-refractivity contribution in [2.45, 2.75) is 125 Å². The van der Waals surface area contributed by atoms with Gasteiger partial charge in [-0.05, 0) is 56.3 Å². The van der Waals surface area contributed by atoms with E-state index in [1.54, 1.807) is 4.90 Å². The molecule has 0 spiro atoms. The molecular formula is C29H51N5O5. The summed E-state index contributed by atoms with van der Waals surface area (Å²) in [7, 11) is 0. The molecule has 222 valence electrons. The van der Waals surface area contributed by atoms with Crippen LogP contribution in [0.15, 0.2) is 0 Å². The van der Waals surface area contributed by atoms with E-state index in [4.69, 9.17) is 5.73 Å². The van der Waals surface area contributed by atoms with Crippen molar-refractivity contribution in [1.82, 2.24) is 20.9 Å². The van der Waals surface area contributed by atoms with Gasteiger partial charge in [0.05, 0.1) is 6.04 Å². The molecule has 2 rings (SSSR count). The first kappa shape index (κ1) is 32.6. The number of hydrogen-bond donors (Lipinski definition) is 4. The quantitative estimate of drug-likeness (QED) is 0.309. The van der Waals surface area contributed by atoms with Gasteiger partial charge in [0.25, 0.3) is 5.91 Å².